The first kappa shape index (κ1) is 31.7. The monoisotopic (exact) mass is 626 g/mol. The molecule has 0 saturated heterocycles. The Kier molecular flexibility index (Phi) is 9.58. The van der Waals surface area contributed by atoms with Crippen LogP contribution in [0.2, 0.25) is 0 Å². The molecule has 4 aromatic rings. The molecule has 2 N–H and O–H groups in total. The highest BCUT2D eigenvalue weighted by atomic mass is 32.2. The van der Waals surface area contributed by atoms with Crippen LogP contribution in [-0.2, 0) is 25.5 Å². The number of sulfonamides is 2. The zero-order chi connectivity index (χ0) is 31.3. The SMILES string of the molecule is COc1ccccc1Oc1c(NS(=O)(=O)c2ccc(C(C)(C)C)cc2)ncnc1OCCNS(=O)(=O)c1ccc(C)cc1. The average Bonchev–Trinajstić information content (AvgIpc) is 2.96. The van der Waals surface area contributed by atoms with Gasteiger partial charge in [-0.15, -0.1) is 0 Å². The number of methoxy groups -OCH3 is 1. The molecule has 0 bridgehead atoms. The Labute approximate surface area is 252 Å². The van der Waals surface area contributed by atoms with Crippen LogP contribution in [0.25, 0.3) is 0 Å². The summed E-state index contributed by atoms with van der Waals surface area (Å²) in [5, 5.41) is 0. The van der Waals surface area contributed by atoms with Crippen LogP contribution in [0.4, 0.5) is 5.82 Å². The Morgan fingerprint density at radius 2 is 1.40 bits per heavy atom. The van der Waals surface area contributed by atoms with Crippen molar-refractivity contribution >= 4 is 25.9 Å². The van der Waals surface area contributed by atoms with E-state index in [0.29, 0.717) is 5.75 Å². The van der Waals surface area contributed by atoms with Gasteiger partial charge >= 0.3 is 0 Å². The van der Waals surface area contributed by atoms with Gasteiger partial charge in [-0.1, -0.05) is 62.7 Å². The first-order valence-corrected chi connectivity index (χ1v) is 16.3. The van der Waals surface area contributed by atoms with E-state index < -0.39 is 20.0 Å². The van der Waals surface area contributed by atoms with E-state index in [9.17, 15) is 16.8 Å². The van der Waals surface area contributed by atoms with Crippen LogP contribution in [0, 0.1) is 6.92 Å². The van der Waals surface area contributed by atoms with Gasteiger partial charge in [0.25, 0.3) is 15.9 Å². The number of para-hydroxylation sites is 2. The molecule has 1 heterocycles. The highest BCUT2D eigenvalue weighted by Gasteiger charge is 2.24. The van der Waals surface area contributed by atoms with E-state index in [-0.39, 0.29) is 51.6 Å². The quantitative estimate of drug-likeness (QED) is 0.207. The summed E-state index contributed by atoms with van der Waals surface area (Å²) < 4.78 is 74.1. The summed E-state index contributed by atoms with van der Waals surface area (Å²) >= 11 is 0. The number of nitrogens with zero attached hydrogens (tertiary/aromatic N) is 2. The maximum atomic E-state index is 13.4. The van der Waals surface area contributed by atoms with Crippen molar-refractivity contribution in [2.45, 2.75) is 42.9 Å². The Hall–Kier alpha value is -4.20. The van der Waals surface area contributed by atoms with Crippen molar-refractivity contribution in [2.24, 2.45) is 0 Å². The van der Waals surface area contributed by atoms with E-state index in [2.05, 4.69) is 19.4 Å². The first-order valence-electron chi connectivity index (χ1n) is 13.3. The molecule has 0 amide bonds. The van der Waals surface area contributed by atoms with E-state index >= 15 is 0 Å². The molecule has 4 rings (SSSR count). The first-order chi connectivity index (χ1) is 20.3. The predicted molar refractivity (Wildman–Crippen MR) is 163 cm³/mol. The van der Waals surface area contributed by atoms with Crippen LogP contribution in [0.3, 0.4) is 0 Å². The fourth-order valence-corrected chi connectivity index (χ4v) is 5.91. The van der Waals surface area contributed by atoms with Crippen LogP contribution in [0.15, 0.2) is 88.9 Å². The maximum Gasteiger partial charge on any atom is 0.263 e. The molecule has 0 spiro atoms. The van der Waals surface area contributed by atoms with E-state index in [1.165, 1.54) is 31.4 Å². The van der Waals surface area contributed by atoms with Gasteiger partial charge in [-0.25, -0.2) is 26.5 Å². The van der Waals surface area contributed by atoms with E-state index in [0.717, 1.165) is 17.5 Å². The normalized spacial score (nSPS) is 12.0. The number of anilines is 1. The second kappa shape index (κ2) is 13.0. The summed E-state index contributed by atoms with van der Waals surface area (Å²) in [5.74, 6) is 0.185. The Morgan fingerprint density at radius 1 is 0.791 bits per heavy atom. The van der Waals surface area contributed by atoms with E-state index in [1.54, 1.807) is 48.5 Å². The van der Waals surface area contributed by atoms with Crippen LogP contribution in [-0.4, -0.2) is 47.1 Å². The molecule has 0 aliphatic rings. The molecule has 13 heteroatoms. The second-order valence-corrected chi connectivity index (χ2v) is 14.0. The molecule has 0 fully saturated rings. The highest BCUT2D eigenvalue weighted by Crippen LogP contribution is 2.40. The van der Waals surface area contributed by atoms with Gasteiger partial charge in [-0.2, -0.15) is 4.98 Å². The summed E-state index contributed by atoms with van der Waals surface area (Å²) in [6.07, 6.45) is 1.11. The van der Waals surface area contributed by atoms with Crippen molar-refractivity contribution in [3.63, 3.8) is 0 Å². The molecule has 0 saturated carbocycles. The number of hydrogen-bond donors (Lipinski definition) is 2. The lowest BCUT2D eigenvalue weighted by Gasteiger charge is -2.19. The number of rotatable bonds is 12. The number of aryl methyl sites for hydroxylation is 1. The Balaban J connectivity index is 1.59. The second-order valence-electron chi connectivity index (χ2n) is 10.5. The van der Waals surface area contributed by atoms with Crippen molar-refractivity contribution in [1.82, 2.24) is 14.7 Å². The van der Waals surface area contributed by atoms with Gasteiger partial charge in [-0.3, -0.25) is 4.72 Å². The molecule has 43 heavy (non-hydrogen) atoms. The maximum absolute atomic E-state index is 13.4. The number of hydrogen-bond acceptors (Lipinski definition) is 9. The smallest absolute Gasteiger partial charge is 0.263 e. The topological polar surface area (TPSA) is 146 Å². The van der Waals surface area contributed by atoms with Crippen molar-refractivity contribution in [1.29, 1.82) is 0 Å². The van der Waals surface area contributed by atoms with Gasteiger partial charge in [0.05, 0.1) is 16.9 Å². The average molecular weight is 627 g/mol. The Bertz CT molecular complexity index is 1770. The lowest BCUT2D eigenvalue weighted by atomic mass is 9.87. The van der Waals surface area contributed by atoms with Crippen LogP contribution < -0.4 is 23.7 Å². The fourth-order valence-electron chi connectivity index (χ4n) is 3.88. The van der Waals surface area contributed by atoms with Gasteiger partial charge < -0.3 is 14.2 Å². The molecule has 0 aliphatic heterocycles. The molecule has 0 radical (unpaired) electrons. The number of aromatic nitrogens is 2. The number of benzene rings is 3. The van der Waals surface area contributed by atoms with Gasteiger partial charge in [0.15, 0.2) is 17.3 Å². The largest absolute Gasteiger partial charge is 0.493 e. The molecule has 0 unspecified atom stereocenters. The minimum absolute atomic E-state index is 0.0235. The van der Waals surface area contributed by atoms with Crippen LogP contribution in [0.5, 0.6) is 23.1 Å². The summed E-state index contributed by atoms with van der Waals surface area (Å²) in [4.78, 5) is 8.38. The van der Waals surface area contributed by atoms with Crippen molar-refractivity contribution in [3.05, 3.63) is 90.3 Å². The van der Waals surface area contributed by atoms with Crippen LogP contribution >= 0.6 is 0 Å². The van der Waals surface area contributed by atoms with Crippen LogP contribution in [0.1, 0.15) is 31.9 Å². The third-order valence-corrected chi connectivity index (χ3v) is 9.11. The summed E-state index contributed by atoms with van der Waals surface area (Å²) in [6, 6.07) is 19.7. The van der Waals surface area contributed by atoms with Gasteiger partial charge in [0, 0.05) is 6.54 Å². The lowest BCUT2D eigenvalue weighted by molar-refractivity contribution is 0.291. The van der Waals surface area contributed by atoms with Gasteiger partial charge in [0.1, 0.15) is 12.9 Å². The number of ether oxygens (including phenoxy) is 3. The minimum atomic E-state index is -4.10. The molecule has 0 atom stereocenters. The minimum Gasteiger partial charge on any atom is -0.493 e. The van der Waals surface area contributed by atoms with Crippen molar-refractivity contribution < 1.29 is 31.0 Å². The molecule has 1 aromatic heterocycles. The fraction of sp³-hybridized carbons (Fsp3) is 0.267. The molecular weight excluding hydrogens is 592 g/mol. The lowest BCUT2D eigenvalue weighted by Crippen LogP contribution is -2.28. The number of nitrogens with one attached hydrogen (secondary N) is 2. The third kappa shape index (κ3) is 8.00. The standard InChI is InChI=1S/C30H34N4O7S2/c1-21-10-14-23(15-11-21)42(35,36)33-18-19-40-29-27(41-26-9-7-6-8-25(26)39-5)28(31-20-32-29)34-43(37,38)24-16-12-22(13-17-24)30(2,3)4/h6-17,20,33H,18-19H2,1-5H3,(H,31,32,34). The summed E-state index contributed by atoms with van der Waals surface area (Å²) in [6.45, 7) is 7.71. The summed E-state index contributed by atoms with van der Waals surface area (Å²) in [5.41, 5.74) is 1.75. The van der Waals surface area contributed by atoms with E-state index in [4.69, 9.17) is 14.2 Å². The molecule has 228 valence electrons. The zero-order valence-electron chi connectivity index (χ0n) is 24.5. The van der Waals surface area contributed by atoms with Crippen molar-refractivity contribution in [2.75, 3.05) is 25.0 Å². The van der Waals surface area contributed by atoms with Crippen molar-refractivity contribution in [3.8, 4) is 23.1 Å². The molecule has 3 aromatic carbocycles. The summed E-state index contributed by atoms with van der Waals surface area (Å²) in [7, 11) is -6.41. The van der Waals surface area contributed by atoms with Gasteiger partial charge in [0.2, 0.25) is 15.8 Å². The third-order valence-electron chi connectivity index (χ3n) is 6.28. The molecule has 11 nitrogen and oxygen atoms in total. The Morgan fingerprint density at radius 3 is 2.02 bits per heavy atom. The predicted octanol–water partition coefficient (Wildman–Crippen LogP) is 5.04. The zero-order valence-corrected chi connectivity index (χ0v) is 26.1. The highest BCUT2D eigenvalue weighted by molar-refractivity contribution is 7.92. The van der Waals surface area contributed by atoms with Gasteiger partial charge in [-0.05, 0) is 54.3 Å². The molecule has 0 aliphatic carbocycles. The van der Waals surface area contributed by atoms with E-state index in [1.807, 2.05) is 27.7 Å². The molecular formula is C30H34N4O7S2.